The highest BCUT2D eigenvalue weighted by atomic mass is 32.2. The maximum atomic E-state index is 5.95. The Morgan fingerprint density at radius 1 is 1.11 bits per heavy atom. The second-order valence-corrected chi connectivity index (χ2v) is 5.19. The number of hydrogen-bond donors (Lipinski definition) is 1. The van der Waals surface area contributed by atoms with E-state index in [4.69, 9.17) is 10.5 Å². The van der Waals surface area contributed by atoms with Crippen molar-refractivity contribution in [3.8, 4) is 5.75 Å². The van der Waals surface area contributed by atoms with Crippen LogP contribution in [0.5, 0.6) is 5.75 Å². The molecule has 0 amide bonds. The summed E-state index contributed by atoms with van der Waals surface area (Å²) in [6.07, 6.45) is 0. The molecule has 0 aliphatic rings. The third-order valence-electron chi connectivity index (χ3n) is 2.52. The largest absolute Gasteiger partial charge is 0.493 e. The first kappa shape index (κ1) is 12.8. The van der Waals surface area contributed by atoms with Crippen LogP contribution in [0, 0.1) is 6.92 Å². The highest BCUT2D eigenvalue weighted by molar-refractivity contribution is 7.99. The van der Waals surface area contributed by atoms with Crippen LogP contribution in [0.1, 0.15) is 5.56 Å². The lowest BCUT2D eigenvalue weighted by molar-refractivity contribution is 0.344. The standard InChI is InChI=1S/C15H17NOS/c1-12-7-8-15(14(16)11-12)18-10-9-17-13-5-3-2-4-6-13/h2-8,11H,9-10,16H2,1H3. The number of thioether (sulfide) groups is 1. The van der Waals surface area contributed by atoms with Crippen molar-refractivity contribution < 1.29 is 4.74 Å². The molecular formula is C15H17NOS. The van der Waals surface area contributed by atoms with Crippen LogP contribution in [-0.4, -0.2) is 12.4 Å². The fourth-order valence-corrected chi connectivity index (χ4v) is 2.40. The molecule has 0 bridgehead atoms. The lowest BCUT2D eigenvalue weighted by Crippen LogP contribution is -2.00. The van der Waals surface area contributed by atoms with Crippen LogP contribution < -0.4 is 10.5 Å². The van der Waals surface area contributed by atoms with E-state index in [2.05, 4.69) is 12.1 Å². The minimum Gasteiger partial charge on any atom is -0.493 e. The second kappa shape index (κ2) is 6.36. The molecule has 94 valence electrons. The maximum Gasteiger partial charge on any atom is 0.119 e. The van der Waals surface area contributed by atoms with Gasteiger partial charge < -0.3 is 10.5 Å². The van der Waals surface area contributed by atoms with Crippen molar-refractivity contribution in [1.29, 1.82) is 0 Å². The van der Waals surface area contributed by atoms with E-state index < -0.39 is 0 Å². The zero-order valence-corrected chi connectivity index (χ0v) is 11.2. The molecule has 0 aliphatic heterocycles. The number of rotatable bonds is 5. The van der Waals surface area contributed by atoms with Gasteiger partial charge in [-0.1, -0.05) is 24.3 Å². The Morgan fingerprint density at radius 2 is 1.89 bits per heavy atom. The molecule has 2 nitrogen and oxygen atoms in total. The Morgan fingerprint density at radius 3 is 2.61 bits per heavy atom. The number of anilines is 1. The quantitative estimate of drug-likeness (QED) is 0.504. The van der Waals surface area contributed by atoms with Crippen molar-refractivity contribution in [3.05, 3.63) is 54.1 Å². The van der Waals surface area contributed by atoms with E-state index in [-0.39, 0.29) is 0 Å². The molecule has 0 saturated heterocycles. The Bertz CT molecular complexity index is 499. The fraction of sp³-hybridized carbons (Fsp3) is 0.200. The van der Waals surface area contributed by atoms with Crippen molar-refractivity contribution in [2.24, 2.45) is 0 Å². The molecule has 2 aromatic rings. The third-order valence-corrected chi connectivity index (χ3v) is 3.57. The Hall–Kier alpha value is -1.61. The number of aryl methyl sites for hydroxylation is 1. The zero-order chi connectivity index (χ0) is 12.8. The number of nitrogens with two attached hydrogens (primary N) is 1. The van der Waals surface area contributed by atoms with Crippen LogP contribution in [0.25, 0.3) is 0 Å². The average Bonchev–Trinajstić information content (AvgIpc) is 2.38. The van der Waals surface area contributed by atoms with Gasteiger partial charge in [-0.3, -0.25) is 0 Å². The summed E-state index contributed by atoms with van der Waals surface area (Å²) in [4.78, 5) is 1.12. The summed E-state index contributed by atoms with van der Waals surface area (Å²) >= 11 is 1.72. The first-order valence-electron chi connectivity index (χ1n) is 5.92. The highest BCUT2D eigenvalue weighted by Gasteiger charge is 2.00. The summed E-state index contributed by atoms with van der Waals surface area (Å²) in [6, 6.07) is 16.0. The summed E-state index contributed by atoms with van der Waals surface area (Å²) in [5.74, 6) is 1.80. The van der Waals surface area contributed by atoms with E-state index in [9.17, 15) is 0 Å². The van der Waals surface area contributed by atoms with Gasteiger partial charge in [-0.05, 0) is 36.8 Å². The summed E-state index contributed by atoms with van der Waals surface area (Å²) < 4.78 is 5.63. The van der Waals surface area contributed by atoms with Crippen molar-refractivity contribution in [2.45, 2.75) is 11.8 Å². The minimum atomic E-state index is 0.683. The SMILES string of the molecule is Cc1ccc(SCCOc2ccccc2)c(N)c1. The summed E-state index contributed by atoms with van der Waals surface area (Å²) in [5, 5.41) is 0. The molecule has 0 saturated carbocycles. The van der Waals surface area contributed by atoms with E-state index in [1.807, 2.05) is 43.3 Å². The molecule has 2 N–H and O–H groups in total. The smallest absolute Gasteiger partial charge is 0.119 e. The van der Waals surface area contributed by atoms with Gasteiger partial charge in [-0.2, -0.15) is 0 Å². The van der Waals surface area contributed by atoms with Gasteiger partial charge in [0.25, 0.3) is 0 Å². The van der Waals surface area contributed by atoms with Gasteiger partial charge in [0.15, 0.2) is 0 Å². The van der Waals surface area contributed by atoms with Crippen LogP contribution in [0.3, 0.4) is 0 Å². The average molecular weight is 259 g/mol. The highest BCUT2D eigenvalue weighted by Crippen LogP contribution is 2.25. The molecule has 0 unspecified atom stereocenters. The van der Waals surface area contributed by atoms with Gasteiger partial charge in [0, 0.05) is 16.3 Å². The van der Waals surface area contributed by atoms with Crippen molar-refractivity contribution in [3.63, 3.8) is 0 Å². The first-order chi connectivity index (χ1) is 8.75. The summed E-state index contributed by atoms with van der Waals surface area (Å²) in [7, 11) is 0. The Kier molecular flexibility index (Phi) is 4.53. The van der Waals surface area contributed by atoms with Gasteiger partial charge in [0.2, 0.25) is 0 Å². The molecule has 2 rings (SSSR count). The predicted molar refractivity (Wildman–Crippen MR) is 78.3 cm³/mol. The molecular weight excluding hydrogens is 242 g/mol. The number of benzene rings is 2. The number of nitrogen functional groups attached to an aromatic ring is 1. The second-order valence-electron chi connectivity index (χ2n) is 4.05. The minimum absolute atomic E-state index is 0.683. The van der Waals surface area contributed by atoms with Crippen molar-refractivity contribution >= 4 is 17.4 Å². The van der Waals surface area contributed by atoms with Crippen LogP contribution in [0.2, 0.25) is 0 Å². The monoisotopic (exact) mass is 259 g/mol. The van der Waals surface area contributed by atoms with Crippen LogP contribution in [0.15, 0.2) is 53.4 Å². The maximum absolute atomic E-state index is 5.95. The summed E-state index contributed by atoms with van der Waals surface area (Å²) in [5.41, 5.74) is 7.99. The van der Waals surface area contributed by atoms with Gasteiger partial charge in [0.05, 0.1) is 6.61 Å². The molecule has 0 heterocycles. The van der Waals surface area contributed by atoms with Gasteiger partial charge >= 0.3 is 0 Å². The van der Waals surface area contributed by atoms with Crippen molar-refractivity contribution in [2.75, 3.05) is 18.1 Å². The Labute approximate surface area is 112 Å². The number of ether oxygens (including phenoxy) is 1. The normalized spacial score (nSPS) is 10.3. The van der Waals surface area contributed by atoms with Gasteiger partial charge in [-0.15, -0.1) is 11.8 Å². The first-order valence-corrected chi connectivity index (χ1v) is 6.91. The molecule has 0 aliphatic carbocycles. The number of hydrogen-bond acceptors (Lipinski definition) is 3. The van der Waals surface area contributed by atoms with Gasteiger partial charge in [-0.25, -0.2) is 0 Å². The zero-order valence-electron chi connectivity index (χ0n) is 10.4. The third kappa shape index (κ3) is 3.70. The van der Waals surface area contributed by atoms with Crippen LogP contribution >= 0.6 is 11.8 Å². The van der Waals surface area contributed by atoms with Crippen LogP contribution in [-0.2, 0) is 0 Å². The molecule has 0 spiro atoms. The van der Waals surface area contributed by atoms with E-state index in [1.54, 1.807) is 11.8 Å². The fourth-order valence-electron chi connectivity index (χ4n) is 1.63. The number of para-hydroxylation sites is 1. The van der Waals surface area contributed by atoms with E-state index in [1.165, 1.54) is 5.56 Å². The molecule has 0 radical (unpaired) electrons. The van der Waals surface area contributed by atoms with Crippen LogP contribution in [0.4, 0.5) is 5.69 Å². The molecule has 0 atom stereocenters. The van der Waals surface area contributed by atoms with E-state index in [0.717, 1.165) is 22.1 Å². The lowest BCUT2D eigenvalue weighted by atomic mass is 10.2. The Balaban J connectivity index is 1.79. The summed E-state index contributed by atoms with van der Waals surface area (Å²) in [6.45, 7) is 2.73. The molecule has 18 heavy (non-hydrogen) atoms. The van der Waals surface area contributed by atoms with E-state index in [0.29, 0.717) is 6.61 Å². The lowest BCUT2D eigenvalue weighted by Gasteiger charge is -2.08. The molecule has 2 aromatic carbocycles. The topological polar surface area (TPSA) is 35.2 Å². The molecule has 3 heteroatoms. The molecule has 0 fully saturated rings. The van der Waals surface area contributed by atoms with Gasteiger partial charge in [0.1, 0.15) is 5.75 Å². The van der Waals surface area contributed by atoms with E-state index >= 15 is 0 Å². The molecule has 0 aromatic heterocycles. The predicted octanol–water partition coefficient (Wildman–Crippen LogP) is 3.75. The van der Waals surface area contributed by atoms with Crippen molar-refractivity contribution in [1.82, 2.24) is 0 Å².